The summed E-state index contributed by atoms with van der Waals surface area (Å²) in [5.41, 5.74) is 3.14. The molecule has 11 heteroatoms. The predicted molar refractivity (Wildman–Crippen MR) is 104 cm³/mol. The summed E-state index contributed by atoms with van der Waals surface area (Å²) in [7, 11) is 0. The summed E-state index contributed by atoms with van der Waals surface area (Å²) >= 11 is 0. The Kier molecular flexibility index (Phi) is 5.26. The van der Waals surface area contributed by atoms with Crippen LogP contribution in [0.2, 0.25) is 0 Å². The van der Waals surface area contributed by atoms with E-state index in [0.717, 1.165) is 24.3 Å². The first-order valence-electron chi connectivity index (χ1n) is 9.54. The zero-order chi connectivity index (χ0) is 23.2. The van der Waals surface area contributed by atoms with Crippen molar-refractivity contribution in [1.82, 2.24) is 0 Å². The number of fused-ring (bicyclic) bond motifs is 1. The van der Waals surface area contributed by atoms with Gasteiger partial charge in [0, 0.05) is 18.0 Å². The summed E-state index contributed by atoms with van der Waals surface area (Å²) in [4.78, 5) is 27.1. The number of carbonyl (C=O) groups is 2. The number of hydrogen-bond donors (Lipinski definition) is 1. The van der Waals surface area contributed by atoms with E-state index in [9.17, 15) is 27.2 Å². The number of nitrogens with zero attached hydrogens (tertiary/aromatic N) is 3. The van der Waals surface area contributed by atoms with Gasteiger partial charge in [0.05, 0.1) is 41.5 Å². The fraction of sp³-hybridized carbons (Fsp3) is 0.286. The Bertz CT molecular complexity index is 1140. The number of halogens is 4. The molecule has 0 radical (unpaired) electrons. The highest BCUT2D eigenvalue weighted by Gasteiger charge is 2.49. The molecule has 0 spiro atoms. The van der Waals surface area contributed by atoms with Gasteiger partial charge in [-0.3, -0.25) is 14.6 Å². The van der Waals surface area contributed by atoms with E-state index >= 15 is 0 Å². The van der Waals surface area contributed by atoms with Crippen LogP contribution in [0.1, 0.15) is 27.9 Å². The molecule has 0 saturated carbocycles. The molecule has 4 rings (SSSR count). The van der Waals surface area contributed by atoms with Crippen LogP contribution in [-0.4, -0.2) is 37.2 Å². The Morgan fingerprint density at radius 1 is 1.12 bits per heavy atom. The van der Waals surface area contributed by atoms with E-state index in [2.05, 4.69) is 0 Å². The summed E-state index contributed by atoms with van der Waals surface area (Å²) in [5.74, 6) is -1.88. The molecule has 2 atom stereocenters. The fourth-order valence-corrected chi connectivity index (χ4v) is 4.13. The van der Waals surface area contributed by atoms with Gasteiger partial charge in [-0.05, 0) is 42.8 Å². The lowest BCUT2D eigenvalue weighted by atomic mass is 10.0. The number of carbonyl (C=O) groups excluding carboxylic acids is 2. The average Bonchev–Trinajstić information content (AvgIpc) is 3.04. The minimum Gasteiger partial charge on any atom is -0.379 e. The third-order valence-corrected chi connectivity index (χ3v) is 5.57. The molecule has 2 saturated heterocycles. The number of hydrogen-bond acceptors (Lipinski definition) is 4. The highest BCUT2D eigenvalue weighted by Crippen LogP contribution is 2.40. The molecule has 2 aliphatic heterocycles. The summed E-state index contributed by atoms with van der Waals surface area (Å²) in [6.45, 7) is 0.373. The number of benzene rings is 2. The molecule has 2 fully saturated rings. The topological polar surface area (TPSA) is 99.7 Å². The number of alkyl halides is 3. The van der Waals surface area contributed by atoms with Crippen molar-refractivity contribution in [3.05, 3.63) is 58.9 Å². The van der Waals surface area contributed by atoms with E-state index in [1.54, 1.807) is 0 Å². The number of nitrogens with two attached hydrogens (primary N) is 1. The Morgan fingerprint density at radius 2 is 1.78 bits per heavy atom. The van der Waals surface area contributed by atoms with Crippen molar-refractivity contribution in [3.63, 3.8) is 0 Å². The van der Waals surface area contributed by atoms with Gasteiger partial charge in [-0.25, -0.2) is 9.18 Å². The number of rotatable bonds is 3. The number of nitriles is 1. The van der Waals surface area contributed by atoms with Crippen LogP contribution in [-0.2, 0) is 10.9 Å². The van der Waals surface area contributed by atoms with Crippen molar-refractivity contribution >= 4 is 23.3 Å². The second-order valence-electron chi connectivity index (χ2n) is 7.39. The Balaban J connectivity index is 1.79. The molecule has 3 amide bonds. The van der Waals surface area contributed by atoms with Crippen LogP contribution in [0.3, 0.4) is 0 Å². The standard InChI is InChI=1S/C21H16F4N4O3/c22-16-8-13(3-4-14(16)19(27)30)28-17-5-6-32-10-18(17)29(20(28)31)12-2-1-11(9-26)15(7-12)21(23,24)25/h1-4,7-8,17-18H,5-6,10H2,(H2,27,30). The lowest BCUT2D eigenvalue weighted by Gasteiger charge is -2.32. The summed E-state index contributed by atoms with van der Waals surface area (Å²) in [6.07, 6.45) is -4.42. The molecular weight excluding hydrogens is 432 g/mol. The number of ether oxygens (including phenoxy) is 1. The zero-order valence-corrected chi connectivity index (χ0v) is 16.4. The maximum absolute atomic E-state index is 14.4. The highest BCUT2D eigenvalue weighted by molar-refractivity contribution is 6.08. The monoisotopic (exact) mass is 448 g/mol. The molecule has 2 aromatic carbocycles. The van der Waals surface area contributed by atoms with Crippen molar-refractivity contribution in [2.24, 2.45) is 5.73 Å². The van der Waals surface area contributed by atoms with Crippen LogP contribution in [0.4, 0.5) is 33.7 Å². The number of urea groups is 1. The molecule has 0 bridgehead atoms. The Hall–Kier alpha value is -3.65. The largest absolute Gasteiger partial charge is 0.417 e. The smallest absolute Gasteiger partial charge is 0.379 e. The lowest BCUT2D eigenvalue weighted by molar-refractivity contribution is -0.137. The minimum absolute atomic E-state index is 0.0569. The van der Waals surface area contributed by atoms with Gasteiger partial charge in [-0.1, -0.05) is 0 Å². The zero-order valence-electron chi connectivity index (χ0n) is 16.4. The quantitative estimate of drug-likeness (QED) is 0.728. The molecule has 2 unspecified atom stereocenters. The molecule has 32 heavy (non-hydrogen) atoms. The summed E-state index contributed by atoms with van der Waals surface area (Å²) in [6, 6.07) is 6.23. The molecular formula is C21H16F4N4O3. The summed E-state index contributed by atoms with van der Waals surface area (Å²) < 4.78 is 60.2. The molecule has 7 nitrogen and oxygen atoms in total. The first kappa shape index (κ1) is 21.6. The van der Waals surface area contributed by atoms with E-state index in [-0.39, 0.29) is 23.5 Å². The first-order valence-corrected chi connectivity index (χ1v) is 9.54. The second kappa shape index (κ2) is 7.80. The van der Waals surface area contributed by atoms with Gasteiger partial charge < -0.3 is 10.5 Å². The van der Waals surface area contributed by atoms with E-state index in [1.807, 2.05) is 0 Å². The molecule has 0 aromatic heterocycles. The van der Waals surface area contributed by atoms with Crippen LogP contribution < -0.4 is 15.5 Å². The Labute approximate surface area is 179 Å². The molecule has 2 aromatic rings. The van der Waals surface area contributed by atoms with Gasteiger partial charge >= 0.3 is 12.2 Å². The van der Waals surface area contributed by atoms with Gasteiger partial charge in [-0.15, -0.1) is 0 Å². The molecule has 2 aliphatic rings. The van der Waals surface area contributed by atoms with Crippen molar-refractivity contribution in [2.45, 2.75) is 24.7 Å². The van der Waals surface area contributed by atoms with E-state index < -0.39 is 47.1 Å². The summed E-state index contributed by atoms with van der Waals surface area (Å²) in [5, 5.41) is 9.03. The number of anilines is 2. The fourth-order valence-electron chi connectivity index (χ4n) is 4.13. The van der Waals surface area contributed by atoms with E-state index in [0.29, 0.717) is 13.0 Å². The molecule has 0 aliphatic carbocycles. The third kappa shape index (κ3) is 3.52. The maximum Gasteiger partial charge on any atom is 0.417 e. The highest BCUT2D eigenvalue weighted by atomic mass is 19.4. The second-order valence-corrected chi connectivity index (χ2v) is 7.39. The van der Waals surface area contributed by atoms with Crippen LogP contribution in [0.25, 0.3) is 0 Å². The van der Waals surface area contributed by atoms with Gasteiger partial charge in [0.15, 0.2) is 0 Å². The van der Waals surface area contributed by atoms with Gasteiger partial charge in [0.1, 0.15) is 5.82 Å². The average molecular weight is 448 g/mol. The van der Waals surface area contributed by atoms with Gasteiger partial charge in [0.25, 0.3) is 5.91 Å². The SMILES string of the molecule is N#Cc1ccc(N2C(=O)N(c3ccc(C(N)=O)c(F)c3)C3CCOCC32)cc1C(F)(F)F. The third-order valence-electron chi connectivity index (χ3n) is 5.57. The van der Waals surface area contributed by atoms with E-state index in [4.69, 9.17) is 15.7 Å². The van der Waals surface area contributed by atoms with Crippen molar-refractivity contribution in [1.29, 1.82) is 5.26 Å². The minimum atomic E-state index is -4.79. The van der Waals surface area contributed by atoms with Crippen molar-refractivity contribution in [2.75, 3.05) is 23.0 Å². The van der Waals surface area contributed by atoms with Crippen molar-refractivity contribution in [3.8, 4) is 6.07 Å². The molecule has 166 valence electrons. The van der Waals surface area contributed by atoms with Crippen LogP contribution in [0.15, 0.2) is 36.4 Å². The molecule has 2 heterocycles. The number of primary amides is 1. The van der Waals surface area contributed by atoms with Gasteiger partial charge in [-0.2, -0.15) is 18.4 Å². The number of amides is 3. The van der Waals surface area contributed by atoms with E-state index in [1.165, 1.54) is 28.0 Å². The normalized spacial score (nSPS) is 20.8. The first-order chi connectivity index (χ1) is 15.1. The lowest BCUT2D eigenvalue weighted by Crippen LogP contribution is -2.45. The van der Waals surface area contributed by atoms with Crippen LogP contribution in [0.5, 0.6) is 0 Å². The van der Waals surface area contributed by atoms with Crippen LogP contribution in [0, 0.1) is 17.1 Å². The van der Waals surface area contributed by atoms with Crippen molar-refractivity contribution < 1.29 is 31.9 Å². The Morgan fingerprint density at radius 3 is 2.41 bits per heavy atom. The predicted octanol–water partition coefficient (Wildman–Crippen LogP) is 3.42. The molecule has 2 N–H and O–H groups in total. The van der Waals surface area contributed by atoms with Gasteiger partial charge in [0.2, 0.25) is 0 Å². The van der Waals surface area contributed by atoms with Crippen LogP contribution >= 0.6 is 0 Å². The maximum atomic E-state index is 14.4.